The summed E-state index contributed by atoms with van der Waals surface area (Å²) < 4.78 is 0. The molecule has 1 aromatic heterocycles. The second kappa shape index (κ2) is 9.48. The Morgan fingerprint density at radius 1 is 1.18 bits per heavy atom. The third kappa shape index (κ3) is 5.18. The van der Waals surface area contributed by atoms with Crippen LogP contribution in [0.5, 0.6) is 0 Å². The lowest BCUT2D eigenvalue weighted by Gasteiger charge is -2.19. The van der Waals surface area contributed by atoms with E-state index >= 15 is 0 Å². The topological polar surface area (TPSA) is 79.3 Å². The average molecular weight is 400 g/mol. The van der Waals surface area contributed by atoms with E-state index in [-0.39, 0.29) is 18.0 Å². The minimum absolute atomic E-state index is 0.123. The molecule has 0 saturated heterocycles. The van der Waals surface area contributed by atoms with Gasteiger partial charge >= 0.3 is 0 Å². The molecule has 0 radical (unpaired) electrons. The molecule has 0 bridgehead atoms. The first kappa shape index (κ1) is 20.0. The maximum absolute atomic E-state index is 12.5. The van der Waals surface area contributed by atoms with Crippen LogP contribution in [0.3, 0.4) is 0 Å². The van der Waals surface area contributed by atoms with E-state index in [4.69, 9.17) is 11.6 Å². The van der Waals surface area contributed by atoms with E-state index in [1.54, 1.807) is 18.2 Å². The second-order valence-electron chi connectivity index (χ2n) is 6.76. The van der Waals surface area contributed by atoms with Crippen molar-refractivity contribution in [1.82, 2.24) is 9.97 Å². The van der Waals surface area contributed by atoms with Gasteiger partial charge < -0.3 is 15.2 Å². The highest BCUT2D eigenvalue weighted by molar-refractivity contribution is 6.33. The van der Waals surface area contributed by atoms with Gasteiger partial charge in [0.25, 0.3) is 11.5 Å². The van der Waals surface area contributed by atoms with Gasteiger partial charge in [0.05, 0.1) is 28.2 Å². The van der Waals surface area contributed by atoms with Crippen LogP contribution < -0.4 is 15.8 Å². The minimum Gasteiger partial charge on any atom is -0.321 e. The van der Waals surface area contributed by atoms with Gasteiger partial charge in [-0.2, -0.15) is 0 Å². The molecule has 0 aliphatic heterocycles. The number of amides is 1. The van der Waals surface area contributed by atoms with E-state index < -0.39 is 0 Å². The maximum atomic E-state index is 12.5. The van der Waals surface area contributed by atoms with E-state index in [0.717, 1.165) is 24.3 Å². The van der Waals surface area contributed by atoms with Gasteiger partial charge in [-0.1, -0.05) is 49.2 Å². The Bertz CT molecular complexity index is 1020. The summed E-state index contributed by atoms with van der Waals surface area (Å²) in [7, 11) is 0. The number of hydrogen-bond donors (Lipinski definition) is 3. The number of para-hydroxylation sites is 2. The first-order valence-corrected chi connectivity index (χ1v) is 9.80. The van der Waals surface area contributed by atoms with Crippen molar-refractivity contribution in [3.63, 3.8) is 0 Å². The molecule has 28 heavy (non-hydrogen) atoms. The van der Waals surface area contributed by atoms with Gasteiger partial charge in [0.15, 0.2) is 12.4 Å². The largest absolute Gasteiger partial charge is 0.321 e. The predicted molar refractivity (Wildman–Crippen MR) is 112 cm³/mol. The van der Waals surface area contributed by atoms with Crippen molar-refractivity contribution >= 4 is 34.1 Å². The number of aromatic nitrogens is 2. The quantitative estimate of drug-likeness (QED) is 0.544. The zero-order chi connectivity index (χ0) is 19.9. The molecule has 0 aliphatic rings. The first-order valence-electron chi connectivity index (χ1n) is 9.42. The molecule has 0 spiro atoms. The number of anilines is 1. The molecular weight excluding hydrogens is 376 g/mol. The second-order valence-corrected chi connectivity index (χ2v) is 7.17. The monoisotopic (exact) mass is 399 g/mol. The van der Waals surface area contributed by atoms with Crippen LogP contribution in [0, 0.1) is 0 Å². The van der Waals surface area contributed by atoms with Crippen LogP contribution in [0.2, 0.25) is 5.02 Å². The van der Waals surface area contributed by atoms with E-state index in [9.17, 15) is 9.59 Å². The van der Waals surface area contributed by atoms with Gasteiger partial charge in [-0.15, -0.1) is 0 Å². The number of halogens is 1. The van der Waals surface area contributed by atoms with Gasteiger partial charge in [-0.3, -0.25) is 9.59 Å². The Hall–Kier alpha value is -2.70. The summed E-state index contributed by atoms with van der Waals surface area (Å²) in [5.41, 5.74) is 1.11. The molecule has 146 valence electrons. The molecule has 3 rings (SSSR count). The fourth-order valence-electron chi connectivity index (χ4n) is 3.11. The van der Waals surface area contributed by atoms with Crippen LogP contribution in [0.1, 0.15) is 25.6 Å². The van der Waals surface area contributed by atoms with Gasteiger partial charge in [-0.25, -0.2) is 4.98 Å². The lowest BCUT2D eigenvalue weighted by molar-refractivity contribution is -0.906. The molecule has 3 aromatic rings. The highest BCUT2D eigenvalue weighted by Crippen LogP contribution is 2.19. The SMILES string of the molecule is CCCC[NH+](CC(=O)Nc1ccccc1Cl)Cc1nc2ccccc2c(=O)[nH]1. The summed E-state index contributed by atoms with van der Waals surface area (Å²) >= 11 is 6.12. The number of rotatable bonds is 8. The highest BCUT2D eigenvalue weighted by atomic mass is 35.5. The van der Waals surface area contributed by atoms with Gasteiger partial charge in [0, 0.05) is 0 Å². The van der Waals surface area contributed by atoms with Crippen molar-refractivity contribution in [3.8, 4) is 0 Å². The molecule has 1 heterocycles. The zero-order valence-corrected chi connectivity index (χ0v) is 16.6. The molecule has 6 nitrogen and oxygen atoms in total. The van der Waals surface area contributed by atoms with Crippen LogP contribution >= 0.6 is 11.6 Å². The number of benzene rings is 2. The van der Waals surface area contributed by atoms with Crippen molar-refractivity contribution in [2.75, 3.05) is 18.4 Å². The smallest absolute Gasteiger partial charge is 0.279 e. The molecular formula is C21H24ClN4O2+. The van der Waals surface area contributed by atoms with Crippen molar-refractivity contribution in [2.24, 2.45) is 0 Å². The number of fused-ring (bicyclic) bond motifs is 1. The number of aromatic amines is 1. The van der Waals surface area contributed by atoms with Crippen LogP contribution in [0.25, 0.3) is 10.9 Å². The van der Waals surface area contributed by atoms with Crippen molar-refractivity contribution in [3.05, 3.63) is 69.7 Å². The molecule has 0 fully saturated rings. The standard InChI is InChI=1S/C21H23ClN4O2/c1-2-3-12-26(14-20(27)24-18-11-7-5-9-16(18)22)13-19-23-17-10-6-4-8-15(17)21(28)25-19/h4-11H,2-3,12-14H2,1H3,(H,24,27)(H,23,25,28)/p+1. The third-order valence-corrected chi connectivity index (χ3v) is 4.85. The van der Waals surface area contributed by atoms with Crippen molar-refractivity contribution in [1.29, 1.82) is 0 Å². The first-order chi connectivity index (χ1) is 13.6. The fourth-order valence-corrected chi connectivity index (χ4v) is 3.29. The summed E-state index contributed by atoms with van der Waals surface area (Å²) in [5.74, 6) is 0.461. The predicted octanol–water partition coefficient (Wildman–Crippen LogP) is 2.40. The lowest BCUT2D eigenvalue weighted by atomic mass is 10.2. The normalized spacial score (nSPS) is 12.1. The van der Waals surface area contributed by atoms with E-state index in [2.05, 4.69) is 22.2 Å². The number of hydrogen-bond acceptors (Lipinski definition) is 3. The number of H-pyrrole nitrogens is 1. The lowest BCUT2D eigenvalue weighted by Crippen LogP contribution is -3.12. The van der Waals surface area contributed by atoms with E-state index in [1.807, 2.05) is 30.3 Å². The summed E-state index contributed by atoms with van der Waals surface area (Å²) in [4.78, 5) is 33.3. The molecule has 1 amide bonds. The molecule has 7 heteroatoms. The molecule has 1 unspecified atom stereocenters. The Labute approximate surface area is 168 Å². The number of carbonyl (C=O) groups is 1. The number of carbonyl (C=O) groups excluding carboxylic acids is 1. The van der Waals surface area contributed by atoms with Gasteiger partial charge in [0.1, 0.15) is 6.54 Å². The van der Waals surface area contributed by atoms with Crippen LogP contribution in [-0.2, 0) is 11.3 Å². The summed E-state index contributed by atoms with van der Waals surface area (Å²) in [5, 5.41) is 3.93. The Morgan fingerprint density at radius 2 is 1.93 bits per heavy atom. The minimum atomic E-state index is -0.157. The molecule has 1 atom stereocenters. The van der Waals surface area contributed by atoms with E-state index in [1.165, 1.54) is 0 Å². The fraction of sp³-hybridized carbons (Fsp3) is 0.286. The highest BCUT2D eigenvalue weighted by Gasteiger charge is 2.17. The number of nitrogens with zero attached hydrogens (tertiary/aromatic N) is 1. The van der Waals surface area contributed by atoms with Crippen LogP contribution in [-0.4, -0.2) is 29.0 Å². The molecule has 0 aliphatic carbocycles. The van der Waals surface area contributed by atoms with Crippen molar-refractivity contribution < 1.29 is 9.69 Å². The van der Waals surface area contributed by atoms with Gasteiger partial charge in [-0.05, 0) is 30.7 Å². The van der Waals surface area contributed by atoms with Gasteiger partial charge in [0.2, 0.25) is 0 Å². The summed E-state index contributed by atoms with van der Waals surface area (Å²) in [6, 6.07) is 14.4. The van der Waals surface area contributed by atoms with Crippen LogP contribution in [0.15, 0.2) is 53.3 Å². The summed E-state index contributed by atoms with van der Waals surface area (Å²) in [6.45, 7) is 3.65. The number of nitrogens with one attached hydrogen (secondary N) is 3. The Kier molecular flexibility index (Phi) is 6.79. The molecule has 3 N–H and O–H groups in total. The Balaban J connectivity index is 1.74. The summed E-state index contributed by atoms with van der Waals surface area (Å²) in [6.07, 6.45) is 2.00. The van der Waals surface area contributed by atoms with Crippen molar-refractivity contribution in [2.45, 2.75) is 26.3 Å². The third-order valence-electron chi connectivity index (χ3n) is 4.52. The van der Waals surface area contributed by atoms with E-state index in [0.29, 0.717) is 34.0 Å². The molecule has 0 saturated carbocycles. The average Bonchev–Trinajstić information content (AvgIpc) is 2.68. The molecule has 2 aromatic carbocycles. The number of unbranched alkanes of at least 4 members (excludes halogenated alkanes) is 1. The Morgan fingerprint density at radius 3 is 2.71 bits per heavy atom. The van der Waals surface area contributed by atoms with Crippen LogP contribution in [0.4, 0.5) is 5.69 Å². The number of quaternary nitrogens is 1. The maximum Gasteiger partial charge on any atom is 0.279 e. The zero-order valence-electron chi connectivity index (χ0n) is 15.8.